The monoisotopic (exact) mass is 399 g/mol. The summed E-state index contributed by atoms with van der Waals surface area (Å²) in [6.07, 6.45) is 0. The number of hydrogen-bond acceptors (Lipinski definition) is 7. The average Bonchev–Trinajstić information content (AvgIpc) is 3.04. The van der Waals surface area contributed by atoms with E-state index in [4.69, 9.17) is 14.0 Å². The molecule has 29 heavy (non-hydrogen) atoms. The predicted molar refractivity (Wildman–Crippen MR) is 101 cm³/mol. The Labute approximate surface area is 167 Å². The molecule has 1 unspecified atom stereocenters. The second-order valence-electron chi connectivity index (χ2n) is 6.33. The third kappa shape index (κ3) is 4.29. The number of aryl methyl sites for hydroxylation is 2. The highest BCUT2D eigenvalue weighted by Crippen LogP contribution is 2.28. The van der Waals surface area contributed by atoms with Gasteiger partial charge in [-0.2, -0.15) is 0 Å². The van der Waals surface area contributed by atoms with Gasteiger partial charge in [0.25, 0.3) is 0 Å². The van der Waals surface area contributed by atoms with Gasteiger partial charge < -0.3 is 24.6 Å². The first kappa shape index (κ1) is 20.1. The van der Waals surface area contributed by atoms with Crippen molar-refractivity contribution in [2.24, 2.45) is 0 Å². The molecule has 2 N–H and O–H groups in total. The molecule has 2 aromatic rings. The van der Waals surface area contributed by atoms with Crippen molar-refractivity contribution in [2.45, 2.75) is 26.8 Å². The van der Waals surface area contributed by atoms with Crippen molar-refractivity contribution in [2.75, 3.05) is 13.2 Å². The Morgan fingerprint density at radius 2 is 1.86 bits per heavy atom. The molecule has 3 rings (SSSR count). The Kier molecular flexibility index (Phi) is 5.96. The highest BCUT2D eigenvalue weighted by molar-refractivity contribution is 5.95. The molecule has 0 spiro atoms. The normalized spacial score (nSPS) is 16.1. The van der Waals surface area contributed by atoms with Gasteiger partial charge in [0.2, 0.25) is 0 Å². The zero-order valence-corrected chi connectivity index (χ0v) is 16.3. The molecule has 0 bridgehead atoms. The van der Waals surface area contributed by atoms with Gasteiger partial charge in [-0.1, -0.05) is 35.5 Å². The fourth-order valence-electron chi connectivity index (χ4n) is 3.06. The Bertz CT molecular complexity index is 944. The van der Waals surface area contributed by atoms with Crippen molar-refractivity contribution in [3.05, 3.63) is 64.2 Å². The third-order valence-corrected chi connectivity index (χ3v) is 4.37. The van der Waals surface area contributed by atoms with E-state index in [0.717, 1.165) is 0 Å². The standard InChI is InChI=1S/C20H21N3O6/c1-4-27-19(25)16-14(10-28-18(24)15-11(2)23-29-12(15)3)21-20(26)22-17(16)13-8-6-5-7-9-13/h5-9,17H,4,10H2,1-3H3,(H2,21,22,26). The minimum absolute atomic E-state index is 0.154. The maximum absolute atomic E-state index is 12.6. The lowest BCUT2D eigenvalue weighted by Gasteiger charge is -2.29. The minimum atomic E-state index is -0.739. The number of nitrogens with one attached hydrogen (secondary N) is 2. The van der Waals surface area contributed by atoms with Crippen LogP contribution < -0.4 is 10.6 Å². The molecule has 1 aliphatic heterocycles. The lowest BCUT2D eigenvalue weighted by molar-refractivity contribution is -0.139. The quantitative estimate of drug-likeness (QED) is 0.715. The van der Waals surface area contributed by atoms with Gasteiger partial charge in [0.1, 0.15) is 17.9 Å². The number of ether oxygens (including phenoxy) is 2. The lowest BCUT2D eigenvalue weighted by atomic mass is 9.95. The van der Waals surface area contributed by atoms with Gasteiger partial charge in [0, 0.05) is 0 Å². The van der Waals surface area contributed by atoms with E-state index in [2.05, 4.69) is 15.8 Å². The Hall–Kier alpha value is -3.62. The number of carbonyl (C=O) groups is 3. The molecule has 1 aromatic heterocycles. The summed E-state index contributed by atoms with van der Waals surface area (Å²) in [6.45, 7) is 4.73. The molecule has 0 saturated heterocycles. The van der Waals surface area contributed by atoms with Crippen LogP contribution in [0.3, 0.4) is 0 Å². The van der Waals surface area contributed by atoms with Gasteiger partial charge in [-0.15, -0.1) is 0 Å². The number of urea groups is 1. The molecule has 1 aromatic carbocycles. The largest absolute Gasteiger partial charge is 0.463 e. The van der Waals surface area contributed by atoms with Gasteiger partial charge in [-0.3, -0.25) is 0 Å². The zero-order chi connectivity index (χ0) is 21.0. The fraction of sp³-hybridized carbons (Fsp3) is 0.300. The van der Waals surface area contributed by atoms with Crippen LogP contribution in [0.1, 0.15) is 40.3 Å². The van der Waals surface area contributed by atoms with Crippen LogP contribution in [-0.2, 0) is 14.3 Å². The second-order valence-corrected chi connectivity index (χ2v) is 6.33. The van der Waals surface area contributed by atoms with Gasteiger partial charge in [-0.05, 0) is 26.3 Å². The number of carbonyl (C=O) groups excluding carboxylic acids is 3. The van der Waals surface area contributed by atoms with Crippen molar-refractivity contribution in [3.63, 3.8) is 0 Å². The zero-order valence-electron chi connectivity index (χ0n) is 16.3. The van der Waals surface area contributed by atoms with E-state index in [1.807, 2.05) is 6.07 Å². The molecule has 0 radical (unpaired) electrons. The third-order valence-electron chi connectivity index (χ3n) is 4.37. The van der Waals surface area contributed by atoms with Crippen LogP contribution in [0.25, 0.3) is 0 Å². The van der Waals surface area contributed by atoms with Crippen molar-refractivity contribution >= 4 is 18.0 Å². The Morgan fingerprint density at radius 3 is 2.48 bits per heavy atom. The number of aromatic nitrogens is 1. The average molecular weight is 399 g/mol. The van der Waals surface area contributed by atoms with Crippen molar-refractivity contribution < 1.29 is 28.4 Å². The summed E-state index contributed by atoms with van der Waals surface area (Å²) >= 11 is 0. The first-order chi connectivity index (χ1) is 13.9. The highest BCUT2D eigenvalue weighted by Gasteiger charge is 2.34. The van der Waals surface area contributed by atoms with E-state index in [9.17, 15) is 14.4 Å². The summed E-state index contributed by atoms with van der Waals surface area (Å²) in [5.41, 5.74) is 1.62. The van der Waals surface area contributed by atoms with Crippen LogP contribution >= 0.6 is 0 Å². The van der Waals surface area contributed by atoms with Crippen LogP contribution in [0.2, 0.25) is 0 Å². The van der Waals surface area contributed by atoms with Crippen LogP contribution in [-0.4, -0.2) is 36.3 Å². The molecule has 1 atom stereocenters. The number of nitrogens with zero attached hydrogens (tertiary/aromatic N) is 1. The minimum Gasteiger partial charge on any atom is -0.463 e. The summed E-state index contributed by atoms with van der Waals surface area (Å²) in [7, 11) is 0. The Morgan fingerprint density at radius 1 is 1.14 bits per heavy atom. The molecule has 1 aliphatic rings. The Balaban J connectivity index is 1.93. The number of benzene rings is 1. The lowest BCUT2D eigenvalue weighted by Crippen LogP contribution is -2.47. The van der Waals surface area contributed by atoms with Gasteiger partial charge in [-0.25, -0.2) is 14.4 Å². The van der Waals surface area contributed by atoms with Gasteiger partial charge in [0.05, 0.1) is 29.6 Å². The maximum atomic E-state index is 12.6. The SMILES string of the molecule is CCOC(=O)C1=C(COC(=O)c2c(C)noc2C)NC(=O)NC1c1ccccc1. The van der Waals surface area contributed by atoms with Crippen LogP contribution in [0.15, 0.2) is 46.1 Å². The molecule has 9 heteroatoms. The molecule has 2 amide bonds. The molecule has 9 nitrogen and oxygen atoms in total. The van der Waals surface area contributed by atoms with E-state index in [1.54, 1.807) is 45.0 Å². The smallest absolute Gasteiger partial charge is 0.344 e. The van der Waals surface area contributed by atoms with Crippen molar-refractivity contribution in [3.8, 4) is 0 Å². The fourth-order valence-corrected chi connectivity index (χ4v) is 3.06. The van der Waals surface area contributed by atoms with Crippen LogP contribution in [0.4, 0.5) is 4.79 Å². The highest BCUT2D eigenvalue weighted by atomic mass is 16.5. The van der Waals surface area contributed by atoms with Gasteiger partial charge >= 0.3 is 18.0 Å². The topological polar surface area (TPSA) is 120 Å². The summed E-state index contributed by atoms with van der Waals surface area (Å²) in [5, 5.41) is 8.98. The number of amides is 2. The number of esters is 2. The number of hydrogen-bond donors (Lipinski definition) is 2. The van der Waals surface area contributed by atoms with Crippen molar-refractivity contribution in [1.29, 1.82) is 0 Å². The number of rotatable bonds is 6. The van der Waals surface area contributed by atoms with Crippen LogP contribution in [0.5, 0.6) is 0 Å². The molecule has 0 saturated carbocycles. The molecule has 0 aliphatic carbocycles. The van der Waals surface area contributed by atoms with Gasteiger partial charge in [0.15, 0.2) is 0 Å². The summed E-state index contributed by atoms with van der Waals surface area (Å²) in [6, 6.07) is 7.72. The molecule has 152 valence electrons. The molecular formula is C20H21N3O6. The molecule has 0 fully saturated rings. The molecule has 2 heterocycles. The van der Waals surface area contributed by atoms with Crippen LogP contribution in [0, 0.1) is 13.8 Å². The van der Waals surface area contributed by atoms with E-state index in [1.165, 1.54) is 0 Å². The maximum Gasteiger partial charge on any atom is 0.344 e. The molecular weight excluding hydrogens is 378 g/mol. The summed E-state index contributed by atoms with van der Waals surface area (Å²) in [5.74, 6) is -0.957. The van der Waals surface area contributed by atoms with E-state index in [-0.39, 0.29) is 30.0 Å². The predicted octanol–water partition coefficient (Wildman–Crippen LogP) is 2.32. The van der Waals surface area contributed by atoms with E-state index >= 15 is 0 Å². The summed E-state index contributed by atoms with van der Waals surface area (Å²) < 4.78 is 15.5. The summed E-state index contributed by atoms with van der Waals surface area (Å²) in [4.78, 5) is 37.3. The van der Waals surface area contributed by atoms with Crippen molar-refractivity contribution in [1.82, 2.24) is 15.8 Å². The van der Waals surface area contributed by atoms with E-state index < -0.39 is 24.0 Å². The first-order valence-corrected chi connectivity index (χ1v) is 9.05. The second kappa shape index (κ2) is 8.59. The van der Waals surface area contributed by atoms with E-state index in [0.29, 0.717) is 17.0 Å². The first-order valence-electron chi connectivity index (χ1n) is 9.05.